The van der Waals surface area contributed by atoms with Crippen molar-refractivity contribution in [2.24, 2.45) is 11.7 Å². The van der Waals surface area contributed by atoms with Gasteiger partial charge in [0.2, 0.25) is 0 Å². The first-order chi connectivity index (χ1) is 7.00. The molecule has 0 aromatic carbocycles. The fraction of sp³-hybridized carbons (Fsp3) is 0.846. The van der Waals surface area contributed by atoms with Gasteiger partial charge in [-0.25, -0.2) is 0 Å². The van der Waals surface area contributed by atoms with Crippen LogP contribution in [-0.4, -0.2) is 18.8 Å². The molecule has 0 heterocycles. The summed E-state index contributed by atoms with van der Waals surface area (Å²) >= 11 is 0. The number of ether oxygens (including phenoxy) is 1. The molecule has 88 valence electrons. The Hall–Kier alpha value is -0.340. The Balaban J connectivity index is 2.69. The fourth-order valence-electron chi connectivity index (χ4n) is 2.78. The molecule has 0 aromatic rings. The minimum Gasteiger partial charge on any atom is -0.377 e. The third kappa shape index (κ3) is 3.05. The summed E-state index contributed by atoms with van der Waals surface area (Å²) in [6.45, 7) is 8.27. The Bertz CT molecular complexity index is 227. The zero-order chi connectivity index (χ0) is 11.5. The van der Waals surface area contributed by atoms with Crippen molar-refractivity contribution in [1.29, 1.82) is 0 Å². The first-order valence-electron chi connectivity index (χ1n) is 5.95. The number of nitrogens with two attached hydrogens (primary N) is 1. The van der Waals surface area contributed by atoms with Gasteiger partial charge in [-0.15, -0.1) is 6.58 Å². The van der Waals surface area contributed by atoms with Crippen molar-refractivity contribution >= 4 is 0 Å². The van der Waals surface area contributed by atoms with Gasteiger partial charge in [0.15, 0.2) is 0 Å². The van der Waals surface area contributed by atoms with E-state index < -0.39 is 0 Å². The van der Waals surface area contributed by atoms with Crippen molar-refractivity contribution in [3.8, 4) is 0 Å². The molecule has 1 rings (SSSR count). The van der Waals surface area contributed by atoms with Crippen LogP contribution in [0.4, 0.5) is 0 Å². The summed E-state index contributed by atoms with van der Waals surface area (Å²) < 4.78 is 5.75. The van der Waals surface area contributed by atoms with Crippen molar-refractivity contribution in [3.05, 3.63) is 12.2 Å². The van der Waals surface area contributed by atoms with Crippen LogP contribution in [0, 0.1) is 5.92 Å². The summed E-state index contributed by atoms with van der Waals surface area (Å²) in [5.74, 6) is 0.731. The SMILES string of the molecule is C=C(C)CC(N)C1(OC)CCCC(C)C1. The van der Waals surface area contributed by atoms with Crippen molar-refractivity contribution in [1.82, 2.24) is 0 Å². The zero-order valence-electron chi connectivity index (χ0n) is 10.4. The van der Waals surface area contributed by atoms with Crippen LogP contribution in [0.5, 0.6) is 0 Å². The van der Waals surface area contributed by atoms with Crippen LogP contribution in [0.25, 0.3) is 0 Å². The van der Waals surface area contributed by atoms with E-state index in [0.717, 1.165) is 30.8 Å². The zero-order valence-corrected chi connectivity index (χ0v) is 10.4. The van der Waals surface area contributed by atoms with Gasteiger partial charge in [-0.3, -0.25) is 0 Å². The van der Waals surface area contributed by atoms with Crippen LogP contribution < -0.4 is 5.73 Å². The van der Waals surface area contributed by atoms with E-state index in [0.29, 0.717) is 0 Å². The van der Waals surface area contributed by atoms with E-state index in [-0.39, 0.29) is 11.6 Å². The molecule has 1 saturated carbocycles. The van der Waals surface area contributed by atoms with Gasteiger partial charge in [0.1, 0.15) is 0 Å². The third-order valence-electron chi connectivity index (χ3n) is 3.64. The van der Waals surface area contributed by atoms with Gasteiger partial charge in [-0.05, 0) is 32.1 Å². The highest BCUT2D eigenvalue weighted by molar-refractivity contribution is 5.02. The lowest BCUT2D eigenvalue weighted by molar-refractivity contribution is -0.0704. The van der Waals surface area contributed by atoms with Gasteiger partial charge in [-0.2, -0.15) is 0 Å². The highest BCUT2D eigenvalue weighted by Crippen LogP contribution is 2.37. The molecule has 3 unspecified atom stereocenters. The standard InChI is InChI=1S/C13H25NO/c1-10(2)8-12(14)13(15-4)7-5-6-11(3)9-13/h11-12H,1,5-9,14H2,2-4H3. The number of methoxy groups -OCH3 is 1. The number of hydrogen-bond donors (Lipinski definition) is 1. The highest BCUT2D eigenvalue weighted by Gasteiger charge is 2.40. The Labute approximate surface area is 93.9 Å². The Kier molecular flexibility index (Phi) is 4.35. The molecule has 2 nitrogen and oxygen atoms in total. The average Bonchev–Trinajstić information content (AvgIpc) is 2.16. The normalized spacial score (nSPS) is 33.7. The topological polar surface area (TPSA) is 35.2 Å². The van der Waals surface area contributed by atoms with Crippen molar-refractivity contribution in [2.75, 3.05) is 7.11 Å². The van der Waals surface area contributed by atoms with Crippen LogP contribution in [0.15, 0.2) is 12.2 Å². The first-order valence-corrected chi connectivity index (χ1v) is 5.95. The second-order valence-corrected chi connectivity index (χ2v) is 5.24. The van der Waals surface area contributed by atoms with Gasteiger partial charge in [-0.1, -0.05) is 25.3 Å². The lowest BCUT2D eigenvalue weighted by atomic mass is 9.73. The Morgan fingerprint density at radius 2 is 2.33 bits per heavy atom. The lowest BCUT2D eigenvalue weighted by Gasteiger charge is -2.43. The Morgan fingerprint density at radius 3 is 2.80 bits per heavy atom. The van der Waals surface area contributed by atoms with Crippen molar-refractivity contribution in [2.45, 2.75) is 57.6 Å². The molecule has 1 fully saturated rings. The van der Waals surface area contributed by atoms with Crippen molar-refractivity contribution < 1.29 is 4.74 Å². The van der Waals surface area contributed by atoms with Gasteiger partial charge < -0.3 is 10.5 Å². The van der Waals surface area contributed by atoms with Crippen LogP contribution in [-0.2, 0) is 4.74 Å². The molecule has 0 aromatic heterocycles. The maximum absolute atomic E-state index is 6.27. The quantitative estimate of drug-likeness (QED) is 0.726. The summed E-state index contributed by atoms with van der Waals surface area (Å²) in [6, 6.07) is 0.0998. The van der Waals surface area contributed by atoms with Gasteiger partial charge in [0.25, 0.3) is 0 Å². The smallest absolute Gasteiger partial charge is 0.0834 e. The van der Waals surface area contributed by atoms with Crippen LogP contribution in [0.1, 0.15) is 46.0 Å². The predicted octanol–water partition coefficient (Wildman–Crippen LogP) is 2.88. The lowest BCUT2D eigenvalue weighted by Crippen LogP contribution is -2.52. The first kappa shape index (κ1) is 12.7. The molecular weight excluding hydrogens is 186 g/mol. The second-order valence-electron chi connectivity index (χ2n) is 5.24. The molecule has 3 atom stereocenters. The molecule has 0 amide bonds. The van der Waals surface area contributed by atoms with Gasteiger partial charge in [0, 0.05) is 13.2 Å². The molecule has 0 aliphatic heterocycles. The van der Waals surface area contributed by atoms with Crippen molar-refractivity contribution in [3.63, 3.8) is 0 Å². The maximum Gasteiger partial charge on any atom is 0.0834 e. The second kappa shape index (κ2) is 5.13. The molecule has 2 N–H and O–H groups in total. The summed E-state index contributed by atoms with van der Waals surface area (Å²) in [7, 11) is 1.80. The minimum absolute atomic E-state index is 0.0998. The highest BCUT2D eigenvalue weighted by atomic mass is 16.5. The molecule has 0 saturated heterocycles. The molecule has 1 aliphatic rings. The van der Waals surface area contributed by atoms with E-state index >= 15 is 0 Å². The molecule has 0 spiro atoms. The molecule has 1 aliphatic carbocycles. The van der Waals surface area contributed by atoms with E-state index in [1.807, 2.05) is 6.92 Å². The average molecular weight is 211 g/mol. The summed E-state index contributed by atoms with van der Waals surface area (Å²) in [5, 5.41) is 0. The molecule has 2 heteroatoms. The fourth-order valence-corrected chi connectivity index (χ4v) is 2.78. The third-order valence-corrected chi connectivity index (χ3v) is 3.64. The van der Waals surface area contributed by atoms with Gasteiger partial charge in [0.05, 0.1) is 5.60 Å². The molecular formula is C13H25NO. The van der Waals surface area contributed by atoms with Crippen LogP contribution in [0.3, 0.4) is 0 Å². The maximum atomic E-state index is 6.27. The van der Waals surface area contributed by atoms with Crippen LogP contribution >= 0.6 is 0 Å². The summed E-state index contributed by atoms with van der Waals surface area (Å²) in [5.41, 5.74) is 7.32. The van der Waals surface area contributed by atoms with E-state index in [1.54, 1.807) is 7.11 Å². The monoisotopic (exact) mass is 211 g/mol. The Morgan fingerprint density at radius 1 is 1.67 bits per heavy atom. The summed E-state index contributed by atoms with van der Waals surface area (Å²) in [6.07, 6.45) is 5.62. The summed E-state index contributed by atoms with van der Waals surface area (Å²) in [4.78, 5) is 0. The van der Waals surface area contributed by atoms with E-state index in [1.165, 1.54) is 12.8 Å². The van der Waals surface area contributed by atoms with E-state index in [9.17, 15) is 0 Å². The van der Waals surface area contributed by atoms with E-state index in [4.69, 9.17) is 10.5 Å². The predicted molar refractivity (Wildman–Crippen MR) is 64.8 cm³/mol. The molecule has 0 bridgehead atoms. The minimum atomic E-state index is -0.101. The molecule has 0 radical (unpaired) electrons. The van der Waals surface area contributed by atoms with Crippen LogP contribution in [0.2, 0.25) is 0 Å². The van der Waals surface area contributed by atoms with Gasteiger partial charge >= 0.3 is 0 Å². The largest absolute Gasteiger partial charge is 0.377 e. The number of rotatable bonds is 4. The molecule has 15 heavy (non-hydrogen) atoms. The number of hydrogen-bond acceptors (Lipinski definition) is 2. The van der Waals surface area contributed by atoms with E-state index in [2.05, 4.69) is 13.5 Å².